The van der Waals surface area contributed by atoms with Gasteiger partial charge in [0.25, 0.3) is 16.7 Å². The van der Waals surface area contributed by atoms with Crippen molar-refractivity contribution in [2.75, 3.05) is 0 Å². The molecular weight excluding hydrogens is 1080 g/mol. The number of rotatable bonds is 0. The molecule has 3 aliphatic rings. The molecule has 0 N–H and O–H groups in total. The first-order chi connectivity index (χ1) is 37.0. The van der Waals surface area contributed by atoms with Gasteiger partial charge in [-0.3, -0.25) is 28.1 Å². The summed E-state index contributed by atoms with van der Waals surface area (Å²) in [5.74, 6) is 19.4. The van der Waals surface area contributed by atoms with E-state index in [9.17, 15) is 14.4 Å². The topological polar surface area (TPSA) is 143 Å². The molecule has 0 saturated carbocycles. The number of hydrogen-bond donors (Lipinski definition) is 0. The largest absolute Gasteiger partial charge is 0.296 e. The average Bonchev–Trinajstić information content (AvgIpc) is 3.94. The van der Waals surface area contributed by atoms with Gasteiger partial charge in [-0.05, 0) is 159 Å². The fourth-order valence-corrected chi connectivity index (χ4v) is 9.74. The lowest BCUT2D eigenvalue weighted by Crippen LogP contribution is -2.24. The smallest absolute Gasteiger partial charge is 0.261 e. The summed E-state index contributed by atoms with van der Waals surface area (Å²) in [4.78, 5) is 64.5. The third-order valence-corrected chi connectivity index (χ3v) is 14.5. The highest BCUT2D eigenvalue weighted by atomic mass is 79.9. The van der Waals surface area contributed by atoms with Crippen LogP contribution in [-0.4, -0.2) is 43.6 Å². The standard InChI is InChI=1S/2C21H19N3O.C14H15BrN2O.C7H5N.2ClH/c2*1-15-5-10-20-23-19-14-16(6-8-17-4-2-3-12-22-17)7-9-18(19)21(25)24(20)13-11-15;1-9-2-5-13-16-12-8-10(15)3-4-11(12)14(18)17(13)7-6-9;1-2-7-5-3-4-6-8-7;;/h2*2-4,7,9,12,14-15H,5,10-11,13H2,1H3;3-4,8-9H,2,5-7H2,1H3;1,3-6H;2*1H. The van der Waals surface area contributed by atoms with Crippen LogP contribution in [0, 0.1) is 53.8 Å². The lowest BCUT2D eigenvalue weighted by Gasteiger charge is -2.10. The Morgan fingerprint density at radius 1 is 0.462 bits per heavy atom. The Morgan fingerprint density at radius 3 is 1.17 bits per heavy atom. The summed E-state index contributed by atoms with van der Waals surface area (Å²) in [6.07, 6.45) is 19.2. The molecule has 0 spiro atoms. The van der Waals surface area contributed by atoms with Crippen LogP contribution in [0.5, 0.6) is 0 Å². The van der Waals surface area contributed by atoms with Crippen LogP contribution in [0.2, 0.25) is 0 Å². The maximum Gasteiger partial charge on any atom is 0.261 e. The third-order valence-electron chi connectivity index (χ3n) is 14.0. The van der Waals surface area contributed by atoms with Gasteiger partial charge in [-0.1, -0.05) is 72.7 Å². The minimum absolute atomic E-state index is 0. The minimum atomic E-state index is 0. The van der Waals surface area contributed by atoms with Crippen LogP contribution < -0.4 is 16.7 Å². The van der Waals surface area contributed by atoms with E-state index in [4.69, 9.17) is 16.4 Å². The molecule has 0 fully saturated rings. The van der Waals surface area contributed by atoms with E-state index in [2.05, 4.69) is 86.2 Å². The van der Waals surface area contributed by atoms with E-state index in [1.54, 1.807) is 24.7 Å². The van der Waals surface area contributed by atoms with Gasteiger partial charge in [0.05, 0.1) is 32.7 Å². The van der Waals surface area contributed by atoms with Crippen molar-refractivity contribution in [2.45, 2.75) is 98.2 Å². The number of terminal acetylenes is 1. The predicted molar refractivity (Wildman–Crippen MR) is 319 cm³/mol. The van der Waals surface area contributed by atoms with Gasteiger partial charge in [0.15, 0.2) is 0 Å². The van der Waals surface area contributed by atoms with E-state index in [0.717, 1.165) is 144 Å². The van der Waals surface area contributed by atoms with Crippen LogP contribution in [0.15, 0.2) is 147 Å². The van der Waals surface area contributed by atoms with Crippen molar-refractivity contribution in [1.82, 2.24) is 43.6 Å². The first-order valence-electron chi connectivity index (χ1n) is 26.0. The van der Waals surface area contributed by atoms with Crippen LogP contribution in [0.25, 0.3) is 32.7 Å². The Balaban J connectivity index is 0.000000158. The molecule has 12 rings (SSSR count). The van der Waals surface area contributed by atoms with Crippen molar-refractivity contribution < 1.29 is 0 Å². The maximum absolute atomic E-state index is 12.8. The van der Waals surface area contributed by atoms with Gasteiger partial charge in [0.1, 0.15) is 34.6 Å². The van der Waals surface area contributed by atoms with E-state index in [1.807, 2.05) is 117 Å². The zero-order chi connectivity index (χ0) is 53.0. The quantitative estimate of drug-likeness (QED) is 0.136. The van der Waals surface area contributed by atoms with Crippen LogP contribution in [0.3, 0.4) is 0 Å². The van der Waals surface area contributed by atoms with Gasteiger partial charge in [-0.25, -0.2) is 29.9 Å². The second-order valence-electron chi connectivity index (χ2n) is 19.7. The molecule has 9 heterocycles. The molecule has 396 valence electrons. The number of halogens is 3. The molecule has 0 amide bonds. The minimum Gasteiger partial charge on any atom is -0.296 e. The van der Waals surface area contributed by atoms with E-state index in [-0.39, 0.29) is 41.5 Å². The fourth-order valence-electron chi connectivity index (χ4n) is 9.40. The number of aromatic nitrogens is 9. The van der Waals surface area contributed by atoms with Crippen LogP contribution in [0.4, 0.5) is 0 Å². The van der Waals surface area contributed by atoms with Crippen molar-refractivity contribution in [3.05, 3.63) is 209 Å². The summed E-state index contributed by atoms with van der Waals surface area (Å²) in [7, 11) is 0. The lowest BCUT2D eigenvalue weighted by molar-refractivity contribution is 0.484. The Bertz CT molecular complexity index is 3740. The summed E-state index contributed by atoms with van der Waals surface area (Å²) in [6.45, 7) is 9.05. The van der Waals surface area contributed by atoms with E-state index in [1.165, 1.54) is 0 Å². The highest BCUT2D eigenvalue weighted by molar-refractivity contribution is 9.10. The first-order valence-corrected chi connectivity index (χ1v) is 26.8. The molecule has 3 unspecified atom stereocenters. The molecule has 0 bridgehead atoms. The van der Waals surface area contributed by atoms with Crippen molar-refractivity contribution in [2.24, 2.45) is 17.8 Å². The van der Waals surface area contributed by atoms with Crippen molar-refractivity contribution in [1.29, 1.82) is 0 Å². The number of benzene rings is 3. The second kappa shape index (κ2) is 27.5. The predicted octanol–water partition coefficient (Wildman–Crippen LogP) is 11.4. The molecule has 6 aromatic heterocycles. The average molecular weight is 1140 g/mol. The Kier molecular flexibility index (Phi) is 20.5. The molecule has 9 aromatic rings. The van der Waals surface area contributed by atoms with Gasteiger partial charge in [0, 0.05) is 73.1 Å². The lowest BCUT2D eigenvalue weighted by atomic mass is 10.0. The summed E-state index contributed by atoms with van der Waals surface area (Å²) < 4.78 is 6.53. The fraction of sp³-hybridized carbons (Fsp3) is 0.286. The van der Waals surface area contributed by atoms with Crippen LogP contribution >= 0.6 is 40.7 Å². The van der Waals surface area contributed by atoms with Crippen LogP contribution in [-0.2, 0) is 38.9 Å². The number of fused-ring (bicyclic) bond motifs is 6. The summed E-state index contributed by atoms with van der Waals surface area (Å²) in [5.41, 5.74) is 6.35. The molecule has 78 heavy (non-hydrogen) atoms. The highest BCUT2D eigenvalue weighted by Gasteiger charge is 2.20. The SMILES string of the molecule is C#Cc1ccccn1.CC1CCc2nc3cc(Br)ccc3c(=O)n2CC1.CC1CCc2nc3cc(C#Cc4ccccn4)ccc3c(=O)n2CC1.CC1CCc2nc3cc(C#Cc4ccccn4)ccc3c(=O)n2CC1.Cl.Cl. The van der Waals surface area contributed by atoms with E-state index >= 15 is 0 Å². The summed E-state index contributed by atoms with van der Waals surface area (Å²) in [5, 5.41) is 2.06. The maximum atomic E-state index is 12.8. The molecule has 3 aromatic carbocycles. The molecule has 0 aliphatic carbocycles. The zero-order valence-electron chi connectivity index (χ0n) is 43.9. The molecule has 0 radical (unpaired) electrons. The third kappa shape index (κ3) is 14.6. The van der Waals surface area contributed by atoms with Gasteiger partial charge in [0.2, 0.25) is 0 Å². The molecule has 3 atom stereocenters. The molecule has 12 nitrogen and oxygen atoms in total. The van der Waals surface area contributed by atoms with E-state index in [0.29, 0.717) is 34.2 Å². The first kappa shape index (κ1) is 58.0. The van der Waals surface area contributed by atoms with E-state index < -0.39 is 0 Å². The van der Waals surface area contributed by atoms with Crippen LogP contribution in [0.1, 0.15) is 105 Å². The number of aryl methyl sites for hydroxylation is 3. The van der Waals surface area contributed by atoms with Gasteiger partial charge >= 0.3 is 0 Å². The Labute approximate surface area is 475 Å². The number of nitrogens with zero attached hydrogens (tertiary/aromatic N) is 9. The van der Waals surface area contributed by atoms with Crippen molar-refractivity contribution in [3.63, 3.8) is 0 Å². The second-order valence-corrected chi connectivity index (χ2v) is 20.6. The molecule has 3 aliphatic heterocycles. The monoisotopic (exact) mass is 1140 g/mol. The van der Waals surface area contributed by atoms with Crippen molar-refractivity contribution in [3.8, 4) is 36.0 Å². The summed E-state index contributed by atoms with van der Waals surface area (Å²) >= 11 is 3.43. The summed E-state index contributed by atoms with van der Waals surface area (Å²) in [6, 6.07) is 33.7. The van der Waals surface area contributed by atoms with Gasteiger partial charge in [-0.15, -0.1) is 31.2 Å². The zero-order valence-corrected chi connectivity index (χ0v) is 47.1. The number of pyridine rings is 3. The Hall–Kier alpha value is -7.73. The van der Waals surface area contributed by atoms with Gasteiger partial charge < -0.3 is 0 Å². The van der Waals surface area contributed by atoms with Gasteiger partial charge in [-0.2, -0.15) is 0 Å². The normalized spacial score (nSPS) is 16.0. The highest BCUT2D eigenvalue weighted by Crippen LogP contribution is 2.23. The molecule has 0 saturated heterocycles. The number of hydrogen-bond acceptors (Lipinski definition) is 9. The Morgan fingerprint density at radius 2 is 0.821 bits per heavy atom. The van der Waals surface area contributed by atoms with Crippen molar-refractivity contribution >= 4 is 73.5 Å². The molecule has 15 heteroatoms. The molecular formula is C63H60BrCl2N9O3.